The van der Waals surface area contributed by atoms with Crippen LogP contribution >= 0.6 is 11.6 Å². The molecule has 0 unspecified atom stereocenters. The summed E-state index contributed by atoms with van der Waals surface area (Å²) >= 11 is 5.94. The van der Waals surface area contributed by atoms with Gasteiger partial charge in [-0.2, -0.15) is 4.68 Å². The number of carbonyl (C=O) groups is 1. The first-order valence-corrected chi connectivity index (χ1v) is 10.6. The fraction of sp³-hybridized carbons (Fsp3) is 0.261. The molecule has 4 rings (SSSR count). The maximum atomic E-state index is 12.8. The van der Waals surface area contributed by atoms with Gasteiger partial charge >= 0.3 is 0 Å². The number of aromatic nitrogens is 2. The van der Waals surface area contributed by atoms with E-state index in [1.54, 1.807) is 42.5 Å². The zero-order valence-corrected chi connectivity index (χ0v) is 18.0. The van der Waals surface area contributed by atoms with Crippen LogP contribution < -0.4 is 15.2 Å². The van der Waals surface area contributed by atoms with Crippen LogP contribution in [-0.4, -0.2) is 53.4 Å². The number of piperazine rings is 1. The van der Waals surface area contributed by atoms with E-state index in [1.807, 2.05) is 24.0 Å². The molecule has 0 N–H and O–H groups in total. The molecule has 160 valence electrons. The lowest BCUT2D eigenvalue weighted by Gasteiger charge is -2.35. The van der Waals surface area contributed by atoms with E-state index in [1.165, 1.54) is 10.7 Å². The van der Waals surface area contributed by atoms with Crippen molar-refractivity contribution in [1.29, 1.82) is 0 Å². The number of amides is 1. The van der Waals surface area contributed by atoms with Gasteiger partial charge in [0.15, 0.2) is 0 Å². The summed E-state index contributed by atoms with van der Waals surface area (Å²) in [7, 11) is 0. The minimum Gasteiger partial charge on any atom is -0.494 e. The molecule has 3 aromatic rings. The lowest BCUT2D eigenvalue weighted by molar-refractivity contribution is 0.0746. The van der Waals surface area contributed by atoms with Gasteiger partial charge in [-0.15, -0.1) is 5.10 Å². The molecule has 1 aromatic heterocycles. The van der Waals surface area contributed by atoms with Crippen molar-refractivity contribution in [2.45, 2.75) is 6.92 Å². The van der Waals surface area contributed by atoms with Crippen molar-refractivity contribution < 1.29 is 9.53 Å². The lowest BCUT2D eigenvalue weighted by Crippen LogP contribution is -2.49. The summed E-state index contributed by atoms with van der Waals surface area (Å²) in [5, 5.41) is 5.12. The number of halogens is 1. The van der Waals surface area contributed by atoms with Gasteiger partial charge in [-0.25, -0.2) is 0 Å². The minimum atomic E-state index is -0.213. The van der Waals surface area contributed by atoms with Crippen molar-refractivity contribution in [2.24, 2.45) is 0 Å². The number of carbonyl (C=O) groups excluding carboxylic acids is 1. The van der Waals surface area contributed by atoms with Crippen molar-refractivity contribution >= 4 is 23.3 Å². The molecule has 2 aromatic carbocycles. The Balaban J connectivity index is 1.44. The highest BCUT2D eigenvalue weighted by atomic mass is 35.5. The van der Waals surface area contributed by atoms with Crippen molar-refractivity contribution in [3.63, 3.8) is 0 Å². The number of ether oxygens (including phenoxy) is 1. The molecule has 1 amide bonds. The van der Waals surface area contributed by atoms with Gasteiger partial charge in [0.05, 0.1) is 12.3 Å². The zero-order valence-electron chi connectivity index (χ0n) is 17.2. The van der Waals surface area contributed by atoms with Gasteiger partial charge in [0, 0.05) is 42.8 Å². The van der Waals surface area contributed by atoms with Crippen molar-refractivity contribution in [3.8, 4) is 11.4 Å². The molecular weight excluding hydrogens is 416 g/mol. The molecule has 0 radical (unpaired) electrons. The van der Waals surface area contributed by atoms with Crippen molar-refractivity contribution in [2.75, 3.05) is 37.7 Å². The largest absolute Gasteiger partial charge is 0.494 e. The quantitative estimate of drug-likeness (QED) is 0.611. The zero-order chi connectivity index (χ0) is 21.8. The number of benzene rings is 2. The van der Waals surface area contributed by atoms with Gasteiger partial charge in [0.1, 0.15) is 11.6 Å². The normalized spacial score (nSPS) is 13.9. The second kappa shape index (κ2) is 9.22. The van der Waals surface area contributed by atoms with Crippen LogP contribution in [0.25, 0.3) is 5.69 Å². The van der Waals surface area contributed by atoms with Crippen LogP contribution in [0.15, 0.2) is 65.5 Å². The fourth-order valence-corrected chi connectivity index (χ4v) is 3.65. The predicted octanol–water partition coefficient (Wildman–Crippen LogP) is 3.25. The molecule has 1 aliphatic rings. The van der Waals surface area contributed by atoms with E-state index in [0.29, 0.717) is 54.9 Å². The van der Waals surface area contributed by atoms with Gasteiger partial charge in [-0.05, 0) is 61.5 Å². The summed E-state index contributed by atoms with van der Waals surface area (Å²) < 4.78 is 6.80. The molecule has 1 saturated heterocycles. The molecule has 0 aliphatic carbocycles. The Kier molecular flexibility index (Phi) is 6.23. The Morgan fingerprint density at radius 1 is 0.968 bits per heavy atom. The van der Waals surface area contributed by atoms with Crippen LogP contribution in [-0.2, 0) is 0 Å². The highest BCUT2D eigenvalue weighted by molar-refractivity contribution is 6.30. The highest BCUT2D eigenvalue weighted by Crippen LogP contribution is 2.18. The SMILES string of the molecule is CCOc1ccc(C(=O)N2CCN(c3ccc(=O)n(-c4ccc(Cl)cc4)n3)CC2)cc1. The van der Waals surface area contributed by atoms with E-state index in [-0.39, 0.29) is 11.5 Å². The fourth-order valence-electron chi connectivity index (χ4n) is 3.52. The second-order valence-corrected chi connectivity index (χ2v) is 7.59. The third kappa shape index (κ3) is 4.72. The first-order valence-electron chi connectivity index (χ1n) is 10.2. The molecule has 31 heavy (non-hydrogen) atoms. The average molecular weight is 439 g/mol. The molecule has 0 atom stereocenters. The maximum absolute atomic E-state index is 12.8. The van der Waals surface area contributed by atoms with E-state index < -0.39 is 0 Å². The van der Waals surface area contributed by atoms with E-state index >= 15 is 0 Å². The van der Waals surface area contributed by atoms with Crippen LogP contribution in [0.1, 0.15) is 17.3 Å². The number of hydrogen-bond donors (Lipinski definition) is 0. The van der Waals surface area contributed by atoms with E-state index in [0.717, 1.165) is 5.75 Å². The summed E-state index contributed by atoms with van der Waals surface area (Å²) in [5.74, 6) is 1.45. The first-order chi connectivity index (χ1) is 15.0. The average Bonchev–Trinajstić information content (AvgIpc) is 2.80. The van der Waals surface area contributed by atoms with Gasteiger partial charge < -0.3 is 14.5 Å². The summed E-state index contributed by atoms with van der Waals surface area (Å²) in [6.07, 6.45) is 0. The monoisotopic (exact) mass is 438 g/mol. The molecule has 0 saturated carbocycles. The van der Waals surface area contributed by atoms with Crippen LogP contribution in [0.5, 0.6) is 5.75 Å². The molecule has 7 nitrogen and oxygen atoms in total. The van der Waals surface area contributed by atoms with Gasteiger partial charge in [0.2, 0.25) is 0 Å². The number of hydrogen-bond acceptors (Lipinski definition) is 5. The Labute approximate surface area is 185 Å². The Morgan fingerprint density at radius 3 is 2.29 bits per heavy atom. The summed E-state index contributed by atoms with van der Waals surface area (Å²) in [5.41, 5.74) is 1.09. The van der Waals surface area contributed by atoms with Crippen molar-refractivity contribution in [1.82, 2.24) is 14.7 Å². The van der Waals surface area contributed by atoms with E-state index in [2.05, 4.69) is 10.00 Å². The smallest absolute Gasteiger partial charge is 0.271 e. The Bertz CT molecular complexity index is 1100. The van der Waals surface area contributed by atoms with Gasteiger partial charge in [-0.3, -0.25) is 9.59 Å². The van der Waals surface area contributed by atoms with Gasteiger partial charge in [0.25, 0.3) is 11.5 Å². The summed E-state index contributed by atoms with van der Waals surface area (Å²) in [4.78, 5) is 29.0. The third-order valence-electron chi connectivity index (χ3n) is 5.16. The predicted molar refractivity (Wildman–Crippen MR) is 121 cm³/mol. The van der Waals surface area contributed by atoms with E-state index in [4.69, 9.17) is 16.3 Å². The topological polar surface area (TPSA) is 67.7 Å². The van der Waals surface area contributed by atoms with E-state index in [9.17, 15) is 9.59 Å². The molecule has 1 fully saturated rings. The third-order valence-corrected chi connectivity index (χ3v) is 5.41. The lowest BCUT2D eigenvalue weighted by atomic mass is 10.1. The minimum absolute atomic E-state index is 0.00166. The first kappa shape index (κ1) is 20.9. The molecule has 0 spiro atoms. The molecular formula is C23H23ClN4O3. The molecule has 8 heteroatoms. The van der Waals surface area contributed by atoms with Gasteiger partial charge in [-0.1, -0.05) is 11.6 Å². The maximum Gasteiger partial charge on any atom is 0.271 e. The molecule has 0 bridgehead atoms. The summed E-state index contributed by atoms with van der Waals surface area (Å²) in [6.45, 7) is 4.94. The van der Waals surface area contributed by atoms with Crippen LogP contribution in [0.2, 0.25) is 5.02 Å². The highest BCUT2D eigenvalue weighted by Gasteiger charge is 2.23. The van der Waals surface area contributed by atoms with Crippen LogP contribution in [0.3, 0.4) is 0 Å². The second-order valence-electron chi connectivity index (χ2n) is 7.15. The van der Waals surface area contributed by atoms with Crippen LogP contribution in [0.4, 0.5) is 5.82 Å². The van der Waals surface area contributed by atoms with Crippen molar-refractivity contribution in [3.05, 3.63) is 81.6 Å². The standard InChI is InChI=1S/C23H23ClN4O3/c1-2-31-20-9-3-17(4-10-20)23(30)27-15-13-26(14-16-27)21-11-12-22(29)28(25-21)19-7-5-18(24)6-8-19/h3-12H,2,13-16H2,1H3. The Morgan fingerprint density at radius 2 is 1.65 bits per heavy atom. The Hall–Kier alpha value is -3.32. The summed E-state index contributed by atoms with van der Waals surface area (Å²) in [6, 6.07) is 17.4. The number of nitrogens with zero attached hydrogens (tertiary/aromatic N) is 4. The molecule has 1 aliphatic heterocycles. The van der Waals surface area contributed by atoms with Crippen LogP contribution in [0, 0.1) is 0 Å². The number of anilines is 1. The molecule has 2 heterocycles. The number of rotatable bonds is 5.